The Morgan fingerprint density at radius 1 is 1.42 bits per heavy atom. The normalized spacial score (nSPS) is 11.5. The lowest BCUT2D eigenvalue weighted by Crippen LogP contribution is -2.29. The Kier molecular flexibility index (Phi) is 3.35. The van der Waals surface area contributed by atoms with E-state index < -0.39 is 10.5 Å². The average molecular weight is 261 g/mol. The highest BCUT2D eigenvalue weighted by Crippen LogP contribution is 2.32. The van der Waals surface area contributed by atoms with Gasteiger partial charge >= 0.3 is 5.69 Å². The smallest absolute Gasteiger partial charge is 0.301 e. The molecule has 1 aromatic carbocycles. The van der Waals surface area contributed by atoms with Crippen LogP contribution in [0, 0.1) is 10.1 Å². The van der Waals surface area contributed by atoms with Gasteiger partial charge in [0.25, 0.3) is 0 Å². The summed E-state index contributed by atoms with van der Waals surface area (Å²) in [6.45, 7) is 3.49. The molecule has 6 heteroatoms. The maximum atomic E-state index is 11.2. The predicted octanol–water partition coefficient (Wildman–Crippen LogP) is 2.33. The highest BCUT2D eigenvalue weighted by molar-refractivity contribution is 5.94. The molecule has 2 rings (SSSR count). The number of anilines is 1. The van der Waals surface area contributed by atoms with E-state index in [4.69, 9.17) is 0 Å². The van der Waals surface area contributed by atoms with E-state index in [-0.39, 0.29) is 12.2 Å². The molecule has 0 fully saturated rings. The van der Waals surface area contributed by atoms with Crippen molar-refractivity contribution < 1.29 is 10.0 Å². The molecule has 0 saturated heterocycles. The van der Waals surface area contributed by atoms with E-state index in [1.807, 2.05) is 0 Å². The Morgan fingerprint density at radius 3 is 2.79 bits per heavy atom. The fraction of sp³-hybridized carbons (Fsp3) is 0.308. The number of aliphatic hydroxyl groups is 1. The largest absolute Gasteiger partial charge is 0.389 e. The van der Waals surface area contributed by atoms with Gasteiger partial charge in [-0.3, -0.25) is 15.1 Å². The molecule has 0 radical (unpaired) electrons. The number of hydrogen-bond acceptors (Lipinski definition) is 5. The molecule has 0 bridgehead atoms. The molecule has 0 saturated carbocycles. The van der Waals surface area contributed by atoms with Crippen LogP contribution in [-0.4, -0.2) is 27.2 Å². The molecule has 100 valence electrons. The Hall–Kier alpha value is -2.21. The minimum Gasteiger partial charge on any atom is -0.389 e. The third kappa shape index (κ3) is 2.97. The number of hydrogen-bond donors (Lipinski definition) is 2. The number of nitro groups is 1. The molecule has 0 amide bonds. The van der Waals surface area contributed by atoms with Gasteiger partial charge in [0.2, 0.25) is 0 Å². The summed E-state index contributed by atoms with van der Waals surface area (Å²) in [7, 11) is 0. The Labute approximate surface area is 110 Å². The molecule has 0 atom stereocenters. The Morgan fingerprint density at radius 2 is 2.16 bits per heavy atom. The molecule has 2 aromatic rings. The molecule has 0 unspecified atom stereocenters. The van der Waals surface area contributed by atoms with Crippen molar-refractivity contribution >= 4 is 22.3 Å². The molecule has 0 spiro atoms. The van der Waals surface area contributed by atoms with Crippen LogP contribution in [0.5, 0.6) is 0 Å². The van der Waals surface area contributed by atoms with Gasteiger partial charge in [-0.05, 0) is 38.1 Å². The van der Waals surface area contributed by atoms with Crippen LogP contribution in [-0.2, 0) is 0 Å². The van der Waals surface area contributed by atoms with Crippen LogP contribution in [0.25, 0.3) is 10.9 Å². The molecule has 1 heterocycles. The van der Waals surface area contributed by atoms with Gasteiger partial charge in [0.05, 0.1) is 21.4 Å². The molecular formula is C13H15N3O3. The van der Waals surface area contributed by atoms with E-state index in [1.165, 1.54) is 0 Å². The number of fused-ring (bicyclic) bond motifs is 1. The van der Waals surface area contributed by atoms with Crippen LogP contribution in [0.4, 0.5) is 11.4 Å². The zero-order valence-electron chi connectivity index (χ0n) is 10.8. The molecule has 0 aliphatic carbocycles. The van der Waals surface area contributed by atoms with Gasteiger partial charge in [0.15, 0.2) is 0 Å². The highest BCUT2D eigenvalue weighted by atomic mass is 16.6. The van der Waals surface area contributed by atoms with E-state index in [1.54, 1.807) is 44.3 Å². The van der Waals surface area contributed by atoms with Gasteiger partial charge in [0, 0.05) is 12.7 Å². The fourth-order valence-electron chi connectivity index (χ4n) is 1.79. The van der Waals surface area contributed by atoms with Crippen molar-refractivity contribution in [3.8, 4) is 0 Å². The molecule has 2 N–H and O–H groups in total. The van der Waals surface area contributed by atoms with Crippen LogP contribution in [0.2, 0.25) is 0 Å². The molecule has 0 aliphatic heterocycles. The van der Waals surface area contributed by atoms with Crippen molar-refractivity contribution in [2.75, 3.05) is 11.9 Å². The Balaban J connectivity index is 2.49. The minimum absolute atomic E-state index is 0.0187. The van der Waals surface area contributed by atoms with Crippen molar-refractivity contribution in [2.45, 2.75) is 19.4 Å². The second-order valence-corrected chi connectivity index (χ2v) is 4.95. The van der Waals surface area contributed by atoms with Gasteiger partial charge in [-0.25, -0.2) is 0 Å². The Bertz CT molecular complexity index is 620. The highest BCUT2D eigenvalue weighted by Gasteiger charge is 2.20. The zero-order chi connectivity index (χ0) is 14.0. The summed E-state index contributed by atoms with van der Waals surface area (Å²) < 4.78 is 0. The quantitative estimate of drug-likeness (QED) is 0.651. The molecular weight excluding hydrogens is 246 g/mol. The van der Waals surface area contributed by atoms with Crippen molar-refractivity contribution in [3.05, 3.63) is 40.6 Å². The standard InChI is InChI=1S/C13H15N3O3/c1-13(2,17)8-15-11-6-5-10-9(4-3-7-14-10)12(11)16(18)19/h3-7,15,17H,8H2,1-2H3. The summed E-state index contributed by atoms with van der Waals surface area (Å²) in [6, 6.07) is 6.65. The summed E-state index contributed by atoms with van der Waals surface area (Å²) in [5.74, 6) is 0. The van der Waals surface area contributed by atoms with Crippen molar-refractivity contribution in [3.63, 3.8) is 0 Å². The van der Waals surface area contributed by atoms with E-state index in [2.05, 4.69) is 10.3 Å². The molecule has 0 aliphatic rings. The number of nitro benzene ring substituents is 1. The van der Waals surface area contributed by atoms with Gasteiger partial charge in [-0.2, -0.15) is 0 Å². The third-order valence-electron chi connectivity index (χ3n) is 2.65. The molecule has 6 nitrogen and oxygen atoms in total. The van der Waals surface area contributed by atoms with E-state index >= 15 is 0 Å². The lowest BCUT2D eigenvalue weighted by atomic mass is 10.1. The number of nitrogens with zero attached hydrogens (tertiary/aromatic N) is 2. The van der Waals surface area contributed by atoms with Crippen molar-refractivity contribution in [1.82, 2.24) is 4.98 Å². The molecule has 1 aromatic heterocycles. The van der Waals surface area contributed by atoms with E-state index in [0.717, 1.165) is 0 Å². The van der Waals surface area contributed by atoms with Gasteiger partial charge in [-0.15, -0.1) is 0 Å². The minimum atomic E-state index is -0.947. The zero-order valence-corrected chi connectivity index (χ0v) is 10.8. The summed E-state index contributed by atoms with van der Waals surface area (Å²) in [5, 5.41) is 24.3. The average Bonchev–Trinajstić information content (AvgIpc) is 2.34. The number of nitrogens with one attached hydrogen (secondary N) is 1. The summed E-state index contributed by atoms with van der Waals surface area (Å²) in [6.07, 6.45) is 1.59. The summed E-state index contributed by atoms with van der Waals surface area (Å²) >= 11 is 0. The number of benzene rings is 1. The number of rotatable bonds is 4. The summed E-state index contributed by atoms with van der Waals surface area (Å²) in [4.78, 5) is 14.9. The van der Waals surface area contributed by atoms with Crippen LogP contribution in [0.1, 0.15) is 13.8 Å². The first-order valence-corrected chi connectivity index (χ1v) is 5.87. The SMILES string of the molecule is CC(C)(O)CNc1ccc2ncccc2c1[N+](=O)[O-]. The second-order valence-electron chi connectivity index (χ2n) is 4.95. The van der Waals surface area contributed by atoms with E-state index in [9.17, 15) is 15.2 Å². The van der Waals surface area contributed by atoms with Crippen LogP contribution < -0.4 is 5.32 Å². The molecule has 19 heavy (non-hydrogen) atoms. The third-order valence-corrected chi connectivity index (χ3v) is 2.65. The monoisotopic (exact) mass is 261 g/mol. The topological polar surface area (TPSA) is 88.3 Å². The van der Waals surface area contributed by atoms with Crippen LogP contribution >= 0.6 is 0 Å². The number of aromatic nitrogens is 1. The first-order chi connectivity index (χ1) is 8.88. The van der Waals surface area contributed by atoms with Gasteiger partial charge < -0.3 is 10.4 Å². The summed E-state index contributed by atoms with van der Waals surface area (Å²) in [5.41, 5.74) is -0.0110. The maximum absolute atomic E-state index is 11.2. The van der Waals surface area contributed by atoms with Crippen molar-refractivity contribution in [2.24, 2.45) is 0 Å². The lowest BCUT2D eigenvalue weighted by molar-refractivity contribution is -0.382. The van der Waals surface area contributed by atoms with Gasteiger partial charge in [0.1, 0.15) is 5.69 Å². The second kappa shape index (κ2) is 4.81. The van der Waals surface area contributed by atoms with Gasteiger partial charge in [-0.1, -0.05) is 0 Å². The van der Waals surface area contributed by atoms with Crippen LogP contribution in [0.15, 0.2) is 30.5 Å². The predicted molar refractivity (Wildman–Crippen MR) is 73.2 cm³/mol. The lowest BCUT2D eigenvalue weighted by Gasteiger charge is -2.18. The number of pyridine rings is 1. The first kappa shape index (κ1) is 13.2. The first-order valence-electron chi connectivity index (χ1n) is 5.87. The maximum Gasteiger partial charge on any atom is 0.301 e. The van der Waals surface area contributed by atoms with E-state index in [0.29, 0.717) is 16.6 Å². The fourth-order valence-corrected chi connectivity index (χ4v) is 1.79. The van der Waals surface area contributed by atoms with Crippen LogP contribution in [0.3, 0.4) is 0 Å². The van der Waals surface area contributed by atoms with Crippen molar-refractivity contribution in [1.29, 1.82) is 0 Å².